The van der Waals surface area contributed by atoms with Crippen LogP contribution >= 0.6 is 0 Å². The highest BCUT2D eigenvalue weighted by Gasteiger charge is 2.23. The molecule has 98 valence electrons. The molecule has 1 saturated heterocycles. The van der Waals surface area contributed by atoms with E-state index in [0.29, 0.717) is 11.7 Å². The van der Waals surface area contributed by atoms with Crippen LogP contribution < -0.4 is 10.1 Å². The number of benzene rings is 1. The van der Waals surface area contributed by atoms with Gasteiger partial charge in [-0.3, -0.25) is 0 Å². The second-order valence-electron chi connectivity index (χ2n) is 5.03. The van der Waals surface area contributed by atoms with Gasteiger partial charge in [-0.1, -0.05) is 5.16 Å². The van der Waals surface area contributed by atoms with Gasteiger partial charge < -0.3 is 14.6 Å². The molecule has 4 rings (SSSR count). The lowest BCUT2D eigenvalue weighted by Crippen LogP contribution is -2.12. The van der Waals surface area contributed by atoms with Gasteiger partial charge >= 0.3 is 0 Å². The third-order valence-corrected chi connectivity index (χ3v) is 3.75. The van der Waals surface area contributed by atoms with E-state index < -0.39 is 0 Å². The predicted molar refractivity (Wildman–Crippen MR) is 68.9 cm³/mol. The minimum absolute atomic E-state index is 0.221. The standard InChI is InChI=1S/C14H15N3O2/c1-2-11(15-6-1)14-16-13(17-19-14)10-3-4-12-9(8-10)5-7-18-12/h3-4,8,11,15H,1-2,5-7H2/t11-/m0/s1. The third-order valence-electron chi connectivity index (χ3n) is 3.75. The van der Waals surface area contributed by atoms with E-state index >= 15 is 0 Å². The van der Waals surface area contributed by atoms with E-state index in [-0.39, 0.29) is 6.04 Å². The molecular weight excluding hydrogens is 242 g/mol. The van der Waals surface area contributed by atoms with Gasteiger partial charge in [-0.2, -0.15) is 4.98 Å². The lowest BCUT2D eigenvalue weighted by molar-refractivity contribution is 0.345. The summed E-state index contributed by atoms with van der Waals surface area (Å²) in [5.41, 5.74) is 2.22. The molecule has 0 bridgehead atoms. The Balaban J connectivity index is 1.65. The zero-order valence-electron chi connectivity index (χ0n) is 10.6. The second-order valence-corrected chi connectivity index (χ2v) is 5.03. The van der Waals surface area contributed by atoms with E-state index in [1.807, 2.05) is 12.1 Å². The van der Waals surface area contributed by atoms with E-state index in [0.717, 1.165) is 37.3 Å². The van der Waals surface area contributed by atoms with Gasteiger partial charge in [-0.15, -0.1) is 0 Å². The number of nitrogens with one attached hydrogen (secondary N) is 1. The average molecular weight is 257 g/mol. The summed E-state index contributed by atoms with van der Waals surface area (Å²) in [6, 6.07) is 6.29. The van der Waals surface area contributed by atoms with Crippen molar-refractivity contribution in [3.63, 3.8) is 0 Å². The fourth-order valence-electron chi connectivity index (χ4n) is 2.71. The molecule has 5 heteroatoms. The maximum atomic E-state index is 5.50. The Hall–Kier alpha value is -1.88. The molecule has 1 fully saturated rings. The number of hydrogen-bond donors (Lipinski definition) is 1. The highest BCUT2D eigenvalue weighted by Crippen LogP contribution is 2.30. The van der Waals surface area contributed by atoms with Gasteiger partial charge in [-0.25, -0.2) is 0 Å². The van der Waals surface area contributed by atoms with Crippen LogP contribution in [-0.2, 0) is 6.42 Å². The Labute approximate surface area is 111 Å². The summed E-state index contributed by atoms with van der Waals surface area (Å²) in [5.74, 6) is 2.34. The van der Waals surface area contributed by atoms with Crippen molar-refractivity contribution in [1.82, 2.24) is 15.5 Å². The summed E-state index contributed by atoms with van der Waals surface area (Å²) in [6.45, 7) is 1.79. The van der Waals surface area contributed by atoms with E-state index in [1.165, 1.54) is 12.0 Å². The third kappa shape index (κ3) is 1.90. The van der Waals surface area contributed by atoms with Crippen LogP contribution in [0.25, 0.3) is 11.4 Å². The number of hydrogen-bond acceptors (Lipinski definition) is 5. The molecule has 2 aromatic rings. The van der Waals surface area contributed by atoms with Crippen molar-refractivity contribution in [2.45, 2.75) is 25.3 Å². The summed E-state index contributed by atoms with van der Waals surface area (Å²) in [7, 11) is 0. The maximum absolute atomic E-state index is 5.50. The number of ether oxygens (including phenoxy) is 1. The van der Waals surface area contributed by atoms with Crippen molar-refractivity contribution in [1.29, 1.82) is 0 Å². The summed E-state index contributed by atoms with van der Waals surface area (Å²) < 4.78 is 10.9. The predicted octanol–water partition coefficient (Wildman–Crippen LogP) is 2.10. The van der Waals surface area contributed by atoms with Crippen molar-refractivity contribution >= 4 is 0 Å². The summed E-state index contributed by atoms with van der Waals surface area (Å²) in [4.78, 5) is 4.51. The summed E-state index contributed by atoms with van der Waals surface area (Å²) in [5, 5.41) is 7.45. The first kappa shape index (κ1) is 11.0. The van der Waals surface area contributed by atoms with Gasteiger partial charge in [-0.05, 0) is 43.1 Å². The first-order chi connectivity index (χ1) is 9.40. The topological polar surface area (TPSA) is 60.2 Å². The molecular formula is C14H15N3O2. The monoisotopic (exact) mass is 257 g/mol. The molecule has 1 N–H and O–H groups in total. The summed E-state index contributed by atoms with van der Waals surface area (Å²) >= 11 is 0. The molecule has 0 radical (unpaired) electrons. The minimum Gasteiger partial charge on any atom is -0.493 e. The van der Waals surface area contributed by atoms with Crippen molar-refractivity contribution < 1.29 is 9.26 Å². The summed E-state index contributed by atoms with van der Waals surface area (Å²) in [6.07, 6.45) is 3.19. The first-order valence-electron chi connectivity index (χ1n) is 6.73. The first-order valence-corrected chi connectivity index (χ1v) is 6.73. The van der Waals surface area contributed by atoms with Crippen molar-refractivity contribution in [3.05, 3.63) is 29.7 Å². The lowest BCUT2D eigenvalue weighted by Gasteiger charge is -2.02. The molecule has 1 atom stereocenters. The highest BCUT2D eigenvalue weighted by atomic mass is 16.5. The molecule has 5 nitrogen and oxygen atoms in total. The number of nitrogens with zero attached hydrogens (tertiary/aromatic N) is 2. The molecule has 0 saturated carbocycles. The number of fused-ring (bicyclic) bond motifs is 1. The van der Waals surface area contributed by atoms with Crippen LogP contribution in [0.4, 0.5) is 0 Å². The van der Waals surface area contributed by atoms with Gasteiger partial charge in [0.25, 0.3) is 0 Å². The minimum atomic E-state index is 0.221. The van der Waals surface area contributed by atoms with Gasteiger partial charge in [0.2, 0.25) is 11.7 Å². The van der Waals surface area contributed by atoms with Gasteiger partial charge in [0, 0.05) is 12.0 Å². The van der Waals surface area contributed by atoms with Crippen molar-refractivity contribution in [3.8, 4) is 17.1 Å². The van der Waals surface area contributed by atoms with E-state index in [2.05, 4.69) is 21.5 Å². The SMILES string of the molecule is c1cc2c(cc1-c1noc([C@@H]3CCCN3)n1)CCO2. The normalized spacial score (nSPS) is 21.4. The molecule has 19 heavy (non-hydrogen) atoms. The van der Waals surface area contributed by atoms with Crippen LogP contribution in [0.15, 0.2) is 22.7 Å². The molecule has 3 heterocycles. The van der Waals surface area contributed by atoms with Gasteiger partial charge in [0.05, 0.1) is 12.6 Å². The van der Waals surface area contributed by atoms with Crippen LogP contribution in [0.3, 0.4) is 0 Å². The van der Waals surface area contributed by atoms with Gasteiger partial charge in [0.1, 0.15) is 5.75 Å². The van der Waals surface area contributed by atoms with Crippen LogP contribution in [0.2, 0.25) is 0 Å². The molecule has 0 spiro atoms. The van der Waals surface area contributed by atoms with Crippen LogP contribution in [-0.4, -0.2) is 23.3 Å². The fraction of sp³-hybridized carbons (Fsp3) is 0.429. The van der Waals surface area contributed by atoms with Crippen LogP contribution in [0.5, 0.6) is 5.75 Å². The molecule has 1 aromatic heterocycles. The molecule has 0 amide bonds. The lowest BCUT2D eigenvalue weighted by atomic mass is 10.1. The molecule has 0 unspecified atom stereocenters. The molecule has 2 aliphatic rings. The van der Waals surface area contributed by atoms with E-state index in [1.54, 1.807) is 0 Å². The fourth-order valence-corrected chi connectivity index (χ4v) is 2.71. The molecule has 2 aliphatic heterocycles. The Morgan fingerprint density at radius 2 is 2.32 bits per heavy atom. The van der Waals surface area contributed by atoms with E-state index in [9.17, 15) is 0 Å². The van der Waals surface area contributed by atoms with Crippen molar-refractivity contribution in [2.24, 2.45) is 0 Å². The quantitative estimate of drug-likeness (QED) is 0.892. The Morgan fingerprint density at radius 1 is 1.32 bits per heavy atom. The largest absolute Gasteiger partial charge is 0.493 e. The average Bonchev–Trinajstić information content (AvgIpc) is 3.18. The smallest absolute Gasteiger partial charge is 0.244 e. The van der Waals surface area contributed by atoms with Crippen molar-refractivity contribution in [2.75, 3.05) is 13.2 Å². The van der Waals surface area contributed by atoms with Crippen LogP contribution in [0, 0.1) is 0 Å². The number of aromatic nitrogens is 2. The van der Waals surface area contributed by atoms with Crippen LogP contribution in [0.1, 0.15) is 30.3 Å². The second kappa shape index (κ2) is 4.35. The molecule has 1 aromatic carbocycles. The highest BCUT2D eigenvalue weighted by molar-refractivity contribution is 5.59. The zero-order chi connectivity index (χ0) is 12.7. The Bertz CT molecular complexity index is 602. The van der Waals surface area contributed by atoms with E-state index in [4.69, 9.17) is 9.26 Å². The number of rotatable bonds is 2. The van der Waals surface area contributed by atoms with Gasteiger partial charge in [0.15, 0.2) is 0 Å². The maximum Gasteiger partial charge on any atom is 0.244 e. The Morgan fingerprint density at radius 3 is 3.21 bits per heavy atom. The molecule has 0 aliphatic carbocycles. The Kier molecular flexibility index (Phi) is 2.51. The zero-order valence-corrected chi connectivity index (χ0v) is 10.6.